The molecule has 0 bridgehead atoms. The zero-order chi connectivity index (χ0) is 43.4. The number of methoxy groups -OCH3 is 4. The molecule has 0 aromatic heterocycles. The zero-order valence-electron chi connectivity index (χ0n) is 35.8. The fourth-order valence-electron chi connectivity index (χ4n) is 6.08. The third-order valence-corrected chi connectivity index (χ3v) is 9.34. The van der Waals surface area contributed by atoms with Crippen LogP contribution in [0, 0.1) is 0 Å². The highest BCUT2D eigenvalue weighted by molar-refractivity contribution is 5.68. The van der Waals surface area contributed by atoms with Crippen LogP contribution in [0.5, 0.6) is 34.5 Å². The van der Waals surface area contributed by atoms with E-state index in [2.05, 4.69) is 5.43 Å². The Kier molecular flexibility index (Phi) is 17.7. The highest BCUT2D eigenvalue weighted by Crippen LogP contribution is 2.24. The first-order chi connectivity index (χ1) is 29.6. The lowest BCUT2D eigenvalue weighted by Crippen LogP contribution is -2.31. The van der Waals surface area contributed by atoms with Gasteiger partial charge in [0.25, 0.3) is 0 Å². The van der Waals surface area contributed by atoms with E-state index in [9.17, 15) is 9.59 Å². The average molecular weight is 837 g/mol. The number of hydrogen-bond donors (Lipinski definition) is 1. The number of rotatable bonds is 23. The van der Waals surface area contributed by atoms with Crippen molar-refractivity contribution in [2.75, 3.05) is 69.0 Å². The number of hydrazine groups is 1. The molecule has 0 aliphatic rings. The van der Waals surface area contributed by atoms with Crippen molar-refractivity contribution in [2.45, 2.75) is 32.7 Å². The highest BCUT2D eigenvalue weighted by Gasteiger charge is 2.19. The summed E-state index contributed by atoms with van der Waals surface area (Å²) in [6.45, 7) is 2.04. The van der Waals surface area contributed by atoms with Gasteiger partial charge in [-0.25, -0.2) is 9.59 Å². The minimum Gasteiger partial charge on any atom is -0.497 e. The van der Waals surface area contributed by atoms with E-state index in [1.54, 1.807) is 44.3 Å². The van der Waals surface area contributed by atoms with Gasteiger partial charge in [0.2, 0.25) is 0 Å². The predicted molar refractivity (Wildman–Crippen MR) is 231 cm³/mol. The van der Waals surface area contributed by atoms with Crippen molar-refractivity contribution >= 4 is 12.2 Å². The molecule has 5 aromatic carbocycles. The topological polar surface area (TPSA) is 130 Å². The first-order valence-corrected chi connectivity index (χ1v) is 19.8. The van der Waals surface area contributed by atoms with Crippen LogP contribution in [0.2, 0.25) is 0 Å². The molecule has 61 heavy (non-hydrogen) atoms. The van der Waals surface area contributed by atoms with Crippen LogP contribution in [0.15, 0.2) is 115 Å². The first kappa shape index (κ1) is 45.4. The van der Waals surface area contributed by atoms with Crippen molar-refractivity contribution in [3.8, 4) is 34.5 Å². The maximum absolute atomic E-state index is 13.5. The Morgan fingerprint density at radius 1 is 0.426 bits per heavy atom. The molecule has 0 atom stereocenters. The molecular formula is C47H56N4O10. The Bertz CT molecular complexity index is 1840. The summed E-state index contributed by atoms with van der Waals surface area (Å²) in [6, 6.07) is 35.7. The van der Waals surface area contributed by atoms with Gasteiger partial charge in [0.15, 0.2) is 0 Å². The Morgan fingerprint density at radius 2 is 0.738 bits per heavy atom. The molecule has 324 valence electrons. The van der Waals surface area contributed by atoms with Gasteiger partial charge in [0, 0.05) is 52.9 Å². The van der Waals surface area contributed by atoms with Crippen LogP contribution in [0.4, 0.5) is 9.59 Å². The molecule has 5 aromatic rings. The molecule has 0 radical (unpaired) electrons. The second-order valence-electron chi connectivity index (χ2n) is 14.1. The maximum atomic E-state index is 13.5. The number of carbonyl (C=O) groups excluding carboxylic acids is 2. The van der Waals surface area contributed by atoms with Crippen molar-refractivity contribution < 1.29 is 47.5 Å². The Labute approximate surface area is 358 Å². The van der Waals surface area contributed by atoms with Crippen LogP contribution in [0.25, 0.3) is 0 Å². The third-order valence-electron chi connectivity index (χ3n) is 9.34. The first-order valence-electron chi connectivity index (χ1n) is 19.8. The van der Waals surface area contributed by atoms with Gasteiger partial charge in [-0.2, -0.15) is 0 Å². The minimum atomic E-state index is -0.482. The van der Waals surface area contributed by atoms with Gasteiger partial charge in [0.05, 0.1) is 28.4 Å². The summed E-state index contributed by atoms with van der Waals surface area (Å²) < 4.78 is 44.8. The molecule has 0 fully saturated rings. The number of amides is 2. The van der Waals surface area contributed by atoms with E-state index >= 15 is 0 Å². The van der Waals surface area contributed by atoms with E-state index in [0.29, 0.717) is 44.2 Å². The number of carbonyl (C=O) groups is 2. The van der Waals surface area contributed by atoms with Gasteiger partial charge in [-0.1, -0.05) is 48.5 Å². The molecule has 5 rings (SSSR count). The van der Waals surface area contributed by atoms with Crippen molar-refractivity contribution in [1.82, 2.24) is 20.2 Å². The normalized spacial score (nSPS) is 10.7. The quantitative estimate of drug-likeness (QED) is 0.0511. The summed E-state index contributed by atoms with van der Waals surface area (Å²) in [5.41, 5.74) is 7.84. The van der Waals surface area contributed by atoms with Gasteiger partial charge in [-0.15, -0.1) is 0 Å². The lowest BCUT2D eigenvalue weighted by atomic mass is 10.1. The Balaban J connectivity index is 1.17. The van der Waals surface area contributed by atoms with Crippen molar-refractivity contribution in [3.63, 3.8) is 0 Å². The van der Waals surface area contributed by atoms with Crippen LogP contribution in [0.1, 0.15) is 27.8 Å². The van der Waals surface area contributed by atoms with Gasteiger partial charge >= 0.3 is 12.2 Å². The lowest BCUT2D eigenvalue weighted by molar-refractivity contribution is 0.0829. The van der Waals surface area contributed by atoms with E-state index in [4.69, 9.17) is 37.9 Å². The molecule has 0 unspecified atom stereocenters. The molecule has 14 nitrogen and oxygen atoms in total. The highest BCUT2D eigenvalue weighted by atomic mass is 16.6. The lowest BCUT2D eigenvalue weighted by Gasteiger charge is -2.23. The van der Waals surface area contributed by atoms with Crippen LogP contribution in [0.3, 0.4) is 0 Å². The number of ether oxygens (including phenoxy) is 8. The minimum absolute atomic E-state index is 0.0103. The monoisotopic (exact) mass is 836 g/mol. The largest absolute Gasteiger partial charge is 0.497 e. The van der Waals surface area contributed by atoms with Crippen molar-refractivity contribution in [2.24, 2.45) is 0 Å². The number of nitrogens with one attached hydrogen (secondary N) is 1. The number of nitrogens with zero attached hydrogens (tertiary/aromatic N) is 3. The fraction of sp³-hybridized carbons (Fsp3) is 0.319. The van der Waals surface area contributed by atoms with Gasteiger partial charge in [-0.05, 0) is 88.5 Å². The standard InChI is InChI=1S/C47H56N4O10/c1-49(2)48-30-39-27-44(58-23-25-60-46(52)50(31-35-7-15-40(54-3)16-8-35)32-36-9-17-41(55-4)18-10-36)29-45(28-39)59-24-26-61-47(53)51(33-37-11-19-42(56-5)20-12-37)34-38-13-21-43(57-6)22-14-38/h7-22,27-29,48H,23-26,30-34H2,1-6H3. The summed E-state index contributed by atoms with van der Waals surface area (Å²) in [5.74, 6) is 3.97. The van der Waals surface area contributed by atoms with Crippen LogP contribution in [-0.4, -0.2) is 96.0 Å². The van der Waals surface area contributed by atoms with Gasteiger partial charge in [0.1, 0.15) is 60.9 Å². The van der Waals surface area contributed by atoms with E-state index in [1.165, 1.54) is 0 Å². The van der Waals surface area contributed by atoms with Gasteiger partial charge in [-0.3, -0.25) is 20.2 Å². The van der Waals surface area contributed by atoms with Crippen LogP contribution >= 0.6 is 0 Å². The van der Waals surface area contributed by atoms with Gasteiger partial charge < -0.3 is 37.9 Å². The van der Waals surface area contributed by atoms with E-state index < -0.39 is 12.2 Å². The molecule has 1 N–H and O–H groups in total. The van der Waals surface area contributed by atoms with E-state index in [-0.39, 0.29) is 26.4 Å². The summed E-state index contributed by atoms with van der Waals surface area (Å²) in [6.07, 6.45) is -0.964. The summed E-state index contributed by atoms with van der Waals surface area (Å²) >= 11 is 0. The molecule has 2 amide bonds. The summed E-state index contributed by atoms with van der Waals surface area (Å²) in [4.78, 5) is 30.2. The fourth-order valence-corrected chi connectivity index (χ4v) is 6.08. The molecule has 0 spiro atoms. The van der Waals surface area contributed by atoms with Crippen LogP contribution in [-0.2, 0) is 42.2 Å². The number of hydrogen-bond acceptors (Lipinski definition) is 12. The van der Waals surface area contributed by atoms with E-state index in [1.807, 2.05) is 128 Å². The smallest absolute Gasteiger partial charge is 0.410 e. The molecule has 0 aliphatic heterocycles. The van der Waals surface area contributed by atoms with Crippen LogP contribution < -0.4 is 33.8 Å². The third kappa shape index (κ3) is 15.2. The molecule has 0 saturated carbocycles. The maximum Gasteiger partial charge on any atom is 0.410 e. The molecule has 14 heteroatoms. The summed E-state index contributed by atoms with van der Waals surface area (Å²) in [7, 11) is 10.3. The predicted octanol–water partition coefficient (Wildman–Crippen LogP) is 7.72. The second-order valence-corrected chi connectivity index (χ2v) is 14.1. The number of benzene rings is 5. The van der Waals surface area contributed by atoms with E-state index in [0.717, 1.165) is 50.8 Å². The average Bonchev–Trinajstić information content (AvgIpc) is 3.29. The SMILES string of the molecule is COc1ccc(CN(Cc2ccc(OC)cc2)C(=O)OCCOc2cc(CNN(C)C)cc(OCCOC(=O)N(Cc3ccc(OC)cc3)Cc3ccc(OC)cc3)c2)cc1. The molecule has 0 saturated heterocycles. The molecule has 0 heterocycles. The van der Waals surface area contributed by atoms with Crippen molar-refractivity contribution in [3.05, 3.63) is 143 Å². The summed E-state index contributed by atoms with van der Waals surface area (Å²) in [5, 5.41) is 1.85. The Morgan fingerprint density at radius 3 is 1.02 bits per heavy atom. The zero-order valence-corrected chi connectivity index (χ0v) is 35.8. The van der Waals surface area contributed by atoms with Crippen molar-refractivity contribution in [1.29, 1.82) is 0 Å². The second kappa shape index (κ2) is 23.8. The Hall–Kier alpha value is -6.64. The molecular weight excluding hydrogens is 781 g/mol. The molecule has 0 aliphatic carbocycles.